The molecule has 4 rings (SSSR count). The average Bonchev–Trinajstić information content (AvgIpc) is 3.06. The van der Waals surface area contributed by atoms with Gasteiger partial charge in [-0.3, -0.25) is 4.57 Å². The van der Waals surface area contributed by atoms with Gasteiger partial charge in [-0.1, -0.05) is 36.7 Å². The SMILES string of the molecule is CCCS(=O)(=O)c1cccc(Oc2cccc(-n3c(C)nc4c(Cl)cccc43)c2)c1. The Labute approximate surface area is 180 Å². The van der Waals surface area contributed by atoms with Crippen LogP contribution in [0.1, 0.15) is 19.2 Å². The summed E-state index contributed by atoms with van der Waals surface area (Å²) in [5.74, 6) is 1.99. The number of rotatable bonds is 6. The summed E-state index contributed by atoms with van der Waals surface area (Å²) in [5.41, 5.74) is 2.53. The van der Waals surface area contributed by atoms with Gasteiger partial charge in [0.15, 0.2) is 9.84 Å². The Hall–Kier alpha value is -2.83. The highest BCUT2D eigenvalue weighted by Crippen LogP contribution is 2.30. The van der Waals surface area contributed by atoms with Gasteiger partial charge in [0.05, 0.1) is 26.9 Å². The summed E-state index contributed by atoms with van der Waals surface area (Å²) in [6.07, 6.45) is 0.567. The van der Waals surface area contributed by atoms with Gasteiger partial charge in [0.2, 0.25) is 0 Å². The minimum Gasteiger partial charge on any atom is -0.457 e. The van der Waals surface area contributed by atoms with Gasteiger partial charge in [-0.15, -0.1) is 0 Å². The molecule has 0 spiro atoms. The van der Waals surface area contributed by atoms with E-state index in [9.17, 15) is 8.42 Å². The van der Waals surface area contributed by atoms with Crippen molar-refractivity contribution in [1.82, 2.24) is 9.55 Å². The Kier molecular flexibility index (Phi) is 5.54. The highest BCUT2D eigenvalue weighted by molar-refractivity contribution is 7.91. The average molecular weight is 441 g/mol. The van der Waals surface area contributed by atoms with Crippen molar-refractivity contribution in [3.63, 3.8) is 0 Å². The van der Waals surface area contributed by atoms with Crippen molar-refractivity contribution in [2.75, 3.05) is 5.75 Å². The molecule has 7 heteroatoms. The smallest absolute Gasteiger partial charge is 0.178 e. The summed E-state index contributed by atoms with van der Waals surface area (Å²) >= 11 is 6.29. The molecule has 0 saturated carbocycles. The lowest BCUT2D eigenvalue weighted by Gasteiger charge is -2.11. The molecule has 1 heterocycles. The first kappa shape index (κ1) is 20.4. The number of ether oxygens (including phenoxy) is 1. The molecule has 0 unspecified atom stereocenters. The summed E-state index contributed by atoms with van der Waals surface area (Å²) in [6.45, 7) is 3.77. The van der Waals surface area contributed by atoms with Crippen molar-refractivity contribution in [2.24, 2.45) is 0 Å². The van der Waals surface area contributed by atoms with Crippen LogP contribution < -0.4 is 4.74 Å². The number of hydrogen-bond acceptors (Lipinski definition) is 4. The van der Waals surface area contributed by atoms with Crippen LogP contribution in [0.25, 0.3) is 16.7 Å². The van der Waals surface area contributed by atoms with E-state index in [2.05, 4.69) is 4.98 Å². The molecule has 154 valence electrons. The molecule has 0 N–H and O–H groups in total. The maximum Gasteiger partial charge on any atom is 0.178 e. The van der Waals surface area contributed by atoms with Crippen LogP contribution in [0.4, 0.5) is 0 Å². The van der Waals surface area contributed by atoms with E-state index < -0.39 is 9.84 Å². The molecule has 30 heavy (non-hydrogen) atoms. The number of aryl methyl sites for hydroxylation is 1. The van der Waals surface area contributed by atoms with Crippen LogP contribution >= 0.6 is 11.6 Å². The van der Waals surface area contributed by atoms with E-state index in [1.165, 1.54) is 0 Å². The van der Waals surface area contributed by atoms with Gasteiger partial charge < -0.3 is 4.74 Å². The normalized spacial score (nSPS) is 11.7. The van der Waals surface area contributed by atoms with Crippen LogP contribution in [-0.4, -0.2) is 23.7 Å². The molecule has 4 aromatic rings. The van der Waals surface area contributed by atoms with Gasteiger partial charge in [0.25, 0.3) is 0 Å². The van der Waals surface area contributed by atoms with Crippen molar-refractivity contribution >= 4 is 32.5 Å². The van der Waals surface area contributed by atoms with E-state index in [0.29, 0.717) is 22.9 Å². The minimum atomic E-state index is -3.31. The van der Waals surface area contributed by atoms with Crippen LogP contribution in [0, 0.1) is 6.92 Å². The maximum absolute atomic E-state index is 12.4. The first-order valence-corrected chi connectivity index (χ1v) is 11.7. The summed E-state index contributed by atoms with van der Waals surface area (Å²) in [6, 6.07) is 19.9. The zero-order chi connectivity index (χ0) is 21.3. The number of hydrogen-bond donors (Lipinski definition) is 0. The first-order valence-electron chi connectivity index (χ1n) is 9.64. The van der Waals surface area contributed by atoms with E-state index >= 15 is 0 Å². The van der Waals surface area contributed by atoms with E-state index in [-0.39, 0.29) is 10.6 Å². The summed E-state index contributed by atoms with van der Waals surface area (Å²) < 4.78 is 32.7. The molecule has 1 aromatic heterocycles. The lowest BCUT2D eigenvalue weighted by Crippen LogP contribution is -2.05. The lowest BCUT2D eigenvalue weighted by molar-refractivity contribution is 0.480. The molecule has 0 radical (unpaired) electrons. The van der Waals surface area contributed by atoms with Gasteiger partial charge in [-0.2, -0.15) is 0 Å². The molecule has 0 aliphatic rings. The third-order valence-corrected chi connectivity index (χ3v) is 6.98. The second-order valence-corrected chi connectivity index (χ2v) is 9.51. The van der Waals surface area contributed by atoms with Gasteiger partial charge >= 0.3 is 0 Å². The number of halogens is 1. The number of nitrogens with zero attached hydrogens (tertiary/aromatic N) is 2. The lowest BCUT2D eigenvalue weighted by atomic mass is 10.2. The molecular formula is C23H21ClN2O3S. The first-order chi connectivity index (χ1) is 14.4. The van der Waals surface area contributed by atoms with Crippen molar-refractivity contribution < 1.29 is 13.2 Å². The monoisotopic (exact) mass is 440 g/mol. The highest BCUT2D eigenvalue weighted by atomic mass is 35.5. The van der Waals surface area contributed by atoms with E-state index in [0.717, 1.165) is 22.5 Å². The van der Waals surface area contributed by atoms with Crippen molar-refractivity contribution in [1.29, 1.82) is 0 Å². The molecule has 0 bridgehead atoms. The second kappa shape index (κ2) is 8.13. The minimum absolute atomic E-state index is 0.113. The number of sulfone groups is 1. The zero-order valence-corrected chi connectivity index (χ0v) is 18.2. The number of fused-ring (bicyclic) bond motifs is 1. The molecule has 0 aliphatic heterocycles. The second-order valence-electron chi connectivity index (χ2n) is 7.00. The summed E-state index contributed by atoms with van der Waals surface area (Å²) in [4.78, 5) is 4.85. The van der Waals surface area contributed by atoms with Crippen LogP contribution in [-0.2, 0) is 9.84 Å². The number of benzene rings is 3. The maximum atomic E-state index is 12.4. The standard InChI is InChI=1S/C23H21ClN2O3S/c1-3-13-30(27,28)20-10-5-9-19(15-20)29-18-8-4-7-17(14-18)26-16(2)25-23-21(24)11-6-12-22(23)26/h4-12,14-15H,3,13H2,1-2H3. The van der Waals surface area contributed by atoms with Gasteiger partial charge in [0.1, 0.15) is 22.8 Å². The number of para-hydroxylation sites is 1. The molecule has 0 amide bonds. The quantitative estimate of drug-likeness (QED) is 0.371. The van der Waals surface area contributed by atoms with Crippen molar-refractivity contribution in [3.05, 3.63) is 77.6 Å². The predicted octanol–water partition coefficient (Wildman–Crippen LogP) is 5.96. The molecular weight excluding hydrogens is 420 g/mol. The fraction of sp³-hybridized carbons (Fsp3) is 0.174. The molecule has 0 fully saturated rings. The van der Waals surface area contributed by atoms with Crippen LogP contribution in [0.3, 0.4) is 0 Å². The Morgan fingerprint density at radius 2 is 1.70 bits per heavy atom. The Morgan fingerprint density at radius 1 is 1.00 bits per heavy atom. The summed E-state index contributed by atoms with van der Waals surface area (Å²) in [7, 11) is -3.31. The topological polar surface area (TPSA) is 61.2 Å². The molecule has 0 saturated heterocycles. The van der Waals surface area contributed by atoms with E-state index in [1.807, 2.05) is 60.9 Å². The number of imidazole rings is 1. The van der Waals surface area contributed by atoms with Crippen LogP contribution in [0.5, 0.6) is 11.5 Å². The molecule has 0 atom stereocenters. The van der Waals surface area contributed by atoms with Crippen molar-refractivity contribution in [2.45, 2.75) is 25.2 Å². The molecule has 5 nitrogen and oxygen atoms in total. The molecule has 3 aromatic carbocycles. The van der Waals surface area contributed by atoms with Gasteiger partial charge in [-0.05, 0) is 55.8 Å². The fourth-order valence-corrected chi connectivity index (χ4v) is 5.01. The Bertz CT molecular complexity index is 1330. The largest absolute Gasteiger partial charge is 0.457 e. The third-order valence-electron chi connectivity index (χ3n) is 4.75. The van der Waals surface area contributed by atoms with Gasteiger partial charge in [-0.25, -0.2) is 13.4 Å². The van der Waals surface area contributed by atoms with E-state index in [1.54, 1.807) is 24.3 Å². The van der Waals surface area contributed by atoms with Crippen LogP contribution in [0.15, 0.2) is 71.6 Å². The Balaban J connectivity index is 1.70. The molecule has 0 aliphatic carbocycles. The van der Waals surface area contributed by atoms with Gasteiger partial charge in [0, 0.05) is 6.07 Å². The Morgan fingerprint density at radius 3 is 2.47 bits per heavy atom. The summed E-state index contributed by atoms with van der Waals surface area (Å²) in [5, 5.41) is 0.604. The third kappa shape index (κ3) is 3.93. The van der Waals surface area contributed by atoms with Crippen LogP contribution in [0.2, 0.25) is 5.02 Å². The van der Waals surface area contributed by atoms with E-state index in [4.69, 9.17) is 16.3 Å². The number of aromatic nitrogens is 2. The van der Waals surface area contributed by atoms with Crippen molar-refractivity contribution in [3.8, 4) is 17.2 Å². The highest BCUT2D eigenvalue weighted by Gasteiger charge is 2.15. The predicted molar refractivity (Wildman–Crippen MR) is 120 cm³/mol. The zero-order valence-electron chi connectivity index (χ0n) is 16.7. The fourth-order valence-electron chi connectivity index (χ4n) is 3.45.